The average Bonchev–Trinajstić information content (AvgIpc) is 3.47. The molecular formula is C18H18N4O3S. The molecule has 1 saturated heterocycles. The zero-order valence-electron chi connectivity index (χ0n) is 14.2. The Morgan fingerprint density at radius 3 is 3.04 bits per heavy atom. The molecule has 0 aromatic carbocycles. The Labute approximate surface area is 154 Å². The number of thiophene rings is 1. The van der Waals surface area contributed by atoms with Gasteiger partial charge in [0, 0.05) is 36.4 Å². The molecule has 1 fully saturated rings. The minimum absolute atomic E-state index is 0.0408. The Hall–Kier alpha value is -2.48. The van der Waals surface area contributed by atoms with Crippen molar-refractivity contribution in [2.75, 3.05) is 13.1 Å². The van der Waals surface area contributed by atoms with Gasteiger partial charge in [-0.25, -0.2) is 0 Å². The first-order valence-electron chi connectivity index (χ1n) is 8.92. The van der Waals surface area contributed by atoms with E-state index in [2.05, 4.69) is 15.3 Å². The van der Waals surface area contributed by atoms with Crippen LogP contribution in [-0.2, 0) is 12.8 Å². The van der Waals surface area contributed by atoms with Crippen LogP contribution in [0.3, 0.4) is 0 Å². The van der Waals surface area contributed by atoms with Gasteiger partial charge in [-0.3, -0.25) is 4.79 Å². The van der Waals surface area contributed by atoms with Gasteiger partial charge >= 0.3 is 0 Å². The van der Waals surface area contributed by atoms with E-state index in [1.54, 1.807) is 11.3 Å². The van der Waals surface area contributed by atoms with Gasteiger partial charge in [-0.05, 0) is 37.1 Å². The van der Waals surface area contributed by atoms with Crippen molar-refractivity contribution in [3.8, 4) is 11.5 Å². The molecule has 1 aliphatic heterocycles. The molecular weight excluding hydrogens is 352 g/mol. The first-order chi connectivity index (χ1) is 12.8. The SMILES string of the molecule is O=C(c1noc2c1CCCC2)N1CC[C@H](c2noc(-c3ccsc3)n2)C1. The molecule has 3 aromatic heterocycles. The van der Waals surface area contributed by atoms with Crippen molar-refractivity contribution in [3.63, 3.8) is 0 Å². The van der Waals surface area contributed by atoms with Gasteiger partial charge in [0.2, 0.25) is 0 Å². The molecule has 1 amide bonds. The van der Waals surface area contributed by atoms with Crippen molar-refractivity contribution in [2.45, 2.75) is 38.0 Å². The molecule has 3 aromatic rings. The van der Waals surface area contributed by atoms with Crippen LogP contribution in [0.2, 0.25) is 0 Å². The van der Waals surface area contributed by atoms with Gasteiger partial charge in [0.15, 0.2) is 11.5 Å². The zero-order valence-corrected chi connectivity index (χ0v) is 15.0. The molecule has 0 N–H and O–H groups in total. The molecule has 0 radical (unpaired) electrons. The van der Waals surface area contributed by atoms with Crippen LogP contribution >= 0.6 is 11.3 Å². The molecule has 1 atom stereocenters. The van der Waals surface area contributed by atoms with Crippen LogP contribution in [-0.4, -0.2) is 39.2 Å². The van der Waals surface area contributed by atoms with Crippen molar-refractivity contribution in [1.29, 1.82) is 0 Å². The van der Waals surface area contributed by atoms with Crippen LogP contribution in [0.15, 0.2) is 25.9 Å². The molecule has 0 saturated carbocycles. The number of fused-ring (bicyclic) bond motifs is 1. The standard InChI is InChI=1S/C18H18N4O3S/c23-18(15-13-3-1-2-4-14(13)24-20-15)22-7-5-11(9-22)16-19-17(25-21-16)12-6-8-26-10-12/h6,8,10-11H,1-5,7,9H2/t11-/m0/s1. The Kier molecular flexibility index (Phi) is 3.85. The Morgan fingerprint density at radius 1 is 1.23 bits per heavy atom. The molecule has 134 valence electrons. The minimum Gasteiger partial charge on any atom is -0.360 e. The summed E-state index contributed by atoms with van der Waals surface area (Å²) in [5, 5.41) is 12.2. The summed E-state index contributed by atoms with van der Waals surface area (Å²) in [7, 11) is 0. The fourth-order valence-electron chi connectivity index (χ4n) is 3.76. The first-order valence-corrected chi connectivity index (χ1v) is 9.87. The number of hydrogen-bond acceptors (Lipinski definition) is 7. The fourth-order valence-corrected chi connectivity index (χ4v) is 4.39. The molecule has 0 bridgehead atoms. The normalized spacial score (nSPS) is 19.7. The highest BCUT2D eigenvalue weighted by atomic mass is 32.1. The Bertz CT molecular complexity index is 930. The zero-order chi connectivity index (χ0) is 17.5. The molecule has 0 unspecified atom stereocenters. The van der Waals surface area contributed by atoms with Crippen LogP contribution in [0, 0.1) is 0 Å². The second-order valence-electron chi connectivity index (χ2n) is 6.85. The maximum Gasteiger partial charge on any atom is 0.276 e. The van der Waals surface area contributed by atoms with Crippen LogP contribution in [0.1, 0.15) is 52.8 Å². The van der Waals surface area contributed by atoms with E-state index < -0.39 is 0 Å². The van der Waals surface area contributed by atoms with Gasteiger partial charge < -0.3 is 13.9 Å². The maximum absolute atomic E-state index is 12.9. The van der Waals surface area contributed by atoms with Crippen molar-refractivity contribution in [2.24, 2.45) is 0 Å². The van der Waals surface area contributed by atoms with E-state index in [1.807, 2.05) is 21.7 Å². The predicted octanol–water partition coefficient (Wildman–Crippen LogP) is 3.29. The molecule has 8 heteroatoms. The molecule has 5 rings (SSSR count). The summed E-state index contributed by atoms with van der Waals surface area (Å²) < 4.78 is 10.8. The van der Waals surface area contributed by atoms with Crippen molar-refractivity contribution < 1.29 is 13.8 Å². The number of aryl methyl sites for hydroxylation is 1. The number of likely N-dealkylation sites (tertiary alicyclic amines) is 1. The van der Waals surface area contributed by atoms with Crippen molar-refractivity contribution in [1.82, 2.24) is 20.2 Å². The summed E-state index contributed by atoms with van der Waals surface area (Å²) in [4.78, 5) is 19.2. The Morgan fingerprint density at radius 2 is 2.15 bits per heavy atom. The third kappa shape index (κ3) is 2.65. The third-order valence-electron chi connectivity index (χ3n) is 5.20. The lowest BCUT2D eigenvalue weighted by molar-refractivity contribution is 0.0779. The van der Waals surface area contributed by atoms with E-state index in [0.29, 0.717) is 30.5 Å². The Balaban J connectivity index is 1.31. The van der Waals surface area contributed by atoms with Gasteiger partial charge in [-0.1, -0.05) is 10.3 Å². The van der Waals surface area contributed by atoms with E-state index in [4.69, 9.17) is 9.05 Å². The quantitative estimate of drug-likeness (QED) is 0.703. The maximum atomic E-state index is 12.9. The second-order valence-corrected chi connectivity index (χ2v) is 7.63. The summed E-state index contributed by atoms with van der Waals surface area (Å²) in [6.45, 7) is 1.26. The number of carbonyl (C=O) groups excluding carboxylic acids is 1. The lowest BCUT2D eigenvalue weighted by Gasteiger charge is -2.16. The molecule has 2 aliphatic rings. The van der Waals surface area contributed by atoms with Gasteiger partial charge in [0.1, 0.15) is 5.76 Å². The monoisotopic (exact) mass is 370 g/mol. The summed E-state index contributed by atoms with van der Waals surface area (Å²) >= 11 is 1.59. The molecule has 1 aliphatic carbocycles. The van der Waals surface area contributed by atoms with E-state index in [0.717, 1.165) is 49.0 Å². The van der Waals surface area contributed by atoms with Crippen molar-refractivity contribution >= 4 is 17.2 Å². The van der Waals surface area contributed by atoms with Gasteiger partial charge in [0.05, 0.1) is 5.56 Å². The van der Waals surface area contributed by atoms with E-state index in [9.17, 15) is 4.79 Å². The summed E-state index contributed by atoms with van der Waals surface area (Å²) in [6.07, 6.45) is 4.78. The molecule has 0 spiro atoms. The van der Waals surface area contributed by atoms with Gasteiger partial charge in [0.25, 0.3) is 11.8 Å². The fraction of sp³-hybridized carbons (Fsp3) is 0.444. The number of amides is 1. The first kappa shape index (κ1) is 15.7. The second kappa shape index (κ2) is 6.35. The highest BCUT2D eigenvalue weighted by molar-refractivity contribution is 7.08. The largest absolute Gasteiger partial charge is 0.360 e. The number of rotatable bonds is 3. The topological polar surface area (TPSA) is 85.3 Å². The van der Waals surface area contributed by atoms with Gasteiger partial charge in [-0.2, -0.15) is 16.3 Å². The highest BCUT2D eigenvalue weighted by Crippen LogP contribution is 2.30. The van der Waals surface area contributed by atoms with E-state index in [-0.39, 0.29) is 11.8 Å². The number of hydrogen-bond donors (Lipinski definition) is 0. The van der Waals surface area contributed by atoms with E-state index in [1.165, 1.54) is 0 Å². The molecule has 26 heavy (non-hydrogen) atoms. The number of nitrogens with zero attached hydrogens (tertiary/aromatic N) is 4. The third-order valence-corrected chi connectivity index (χ3v) is 5.89. The summed E-state index contributed by atoms with van der Waals surface area (Å²) in [6, 6.07) is 1.96. The highest BCUT2D eigenvalue weighted by Gasteiger charge is 2.34. The van der Waals surface area contributed by atoms with Crippen LogP contribution < -0.4 is 0 Å². The summed E-state index contributed by atoms with van der Waals surface area (Å²) in [5.74, 6) is 2.15. The number of aromatic nitrogens is 3. The molecule has 4 heterocycles. The van der Waals surface area contributed by atoms with Gasteiger partial charge in [-0.15, -0.1) is 0 Å². The average molecular weight is 370 g/mol. The number of carbonyl (C=O) groups is 1. The van der Waals surface area contributed by atoms with E-state index >= 15 is 0 Å². The summed E-state index contributed by atoms with van der Waals surface area (Å²) in [5.41, 5.74) is 2.44. The molecule has 7 nitrogen and oxygen atoms in total. The van der Waals surface area contributed by atoms with Crippen LogP contribution in [0.25, 0.3) is 11.5 Å². The van der Waals surface area contributed by atoms with Crippen molar-refractivity contribution in [3.05, 3.63) is 39.7 Å². The van der Waals surface area contributed by atoms with Crippen LogP contribution in [0.5, 0.6) is 0 Å². The lowest BCUT2D eigenvalue weighted by atomic mass is 9.96. The predicted molar refractivity (Wildman–Crippen MR) is 94.0 cm³/mol. The minimum atomic E-state index is -0.0408. The lowest BCUT2D eigenvalue weighted by Crippen LogP contribution is -2.29. The smallest absolute Gasteiger partial charge is 0.276 e. The van der Waals surface area contributed by atoms with Crippen LogP contribution in [0.4, 0.5) is 0 Å².